The predicted molar refractivity (Wildman–Crippen MR) is 96.7 cm³/mol. The molecular weight excluding hydrogens is 302 g/mol. The second kappa shape index (κ2) is 6.83. The van der Waals surface area contributed by atoms with Gasteiger partial charge in [-0.25, -0.2) is 0 Å². The van der Waals surface area contributed by atoms with Crippen LogP contribution in [0.2, 0.25) is 0 Å². The number of carbonyl (C=O) groups excluding carboxylic acids is 1. The van der Waals surface area contributed by atoms with Gasteiger partial charge in [0.15, 0.2) is 0 Å². The summed E-state index contributed by atoms with van der Waals surface area (Å²) in [5.74, 6) is 0.929. The summed E-state index contributed by atoms with van der Waals surface area (Å²) in [6.07, 6.45) is 0. The van der Waals surface area contributed by atoms with Gasteiger partial charge in [-0.1, -0.05) is 0 Å². The summed E-state index contributed by atoms with van der Waals surface area (Å²) >= 11 is 0. The standard InChI is InChI=1S/C19H23N3O2/c1-14-13-15(3-8-18(14)20)19(23)22-11-9-21(10-12-22)16-4-6-17(24-2)7-5-16/h3-8,13H,9-12,20H2,1-2H3. The molecule has 3 rings (SSSR count). The molecule has 2 aromatic carbocycles. The Morgan fingerprint density at radius 1 is 1.04 bits per heavy atom. The van der Waals surface area contributed by atoms with E-state index in [1.165, 1.54) is 0 Å². The third kappa shape index (κ3) is 3.30. The zero-order valence-corrected chi connectivity index (χ0v) is 14.2. The van der Waals surface area contributed by atoms with Crippen molar-refractivity contribution in [2.45, 2.75) is 6.92 Å². The molecule has 0 radical (unpaired) electrons. The highest BCUT2D eigenvalue weighted by Gasteiger charge is 2.22. The number of ether oxygens (including phenoxy) is 1. The largest absolute Gasteiger partial charge is 0.497 e. The lowest BCUT2D eigenvalue weighted by molar-refractivity contribution is 0.0746. The summed E-state index contributed by atoms with van der Waals surface area (Å²) in [5, 5.41) is 0. The molecule has 1 fully saturated rings. The number of nitrogens with zero attached hydrogens (tertiary/aromatic N) is 2. The number of aryl methyl sites for hydroxylation is 1. The molecule has 0 aromatic heterocycles. The van der Waals surface area contributed by atoms with Crippen LogP contribution in [-0.2, 0) is 0 Å². The molecule has 5 heteroatoms. The first-order valence-electron chi connectivity index (χ1n) is 8.13. The minimum Gasteiger partial charge on any atom is -0.497 e. The maximum Gasteiger partial charge on any atom is 0.253 e. The van der Waals surface area contributed by atoms with Crippen LogP contribution in [0.3, 0.4) is 0 Å². The molecule has 0 spiro atoms. The summed E-state index contributed by atoms with van der Waals surface area (Å²) in [4.78, 5) is 16.8. The van der Waals surface area contributed by atoms with Crippen LogP contribution in [0.5, 0.6) is 5.75 Å². The van der Waals surface area contributed by atoms with Crippen molar-refractivity contribution >= 4 is 17.3 Å². The first-order chi connectivity index (χ1) is 11.6. The van der Waals surface area contributed by atoms with Crippen molar-refractivity contribution in [2.75, 3.05) is 43.9 Å². The van der Waals surface area contributed by atoms with Crippen LogP contribution in [0, 0.1) is 6.92 Å². The van der Waals surface area contributed by atoms with Crippen molar-refractivity contribution in [1.82, 2.24) is 4.90 Å². The van der Waals surface area contributed by atoms with Gasteiger partial charge in [0.05, 0.1) is 7.11 Å². The molecule has 1 heterocycles. The number of rotatable bonds is 3. The van der Waals surface area contributed by atoms with Crippen molar-refractivity contribution in [1.29, 1.82) is 0 Å². The molecule has 1 amide bonds. The van der Waals surface area contributed by atoms with Gasteiger partial charge in [-0.3, -0.25) is 4.79 Å². The maximum atomic E-state index is 12.6. The highest BCUT2D eigenvalue weighted by Crippen LogP contribution is 2.21. The van der Waals surface area contributed by atoms with E-state index in [0.717, 1.165) is 35.8 Å². The quantitative estimate of drug-likeness (QED) is 0.881. The summed E-state index contributed by atoms with van der Waals surface area (Å²) in [6.45, 7) is 5.01. The van der Waals surface area contributed by atoms with Crippen LogP contribution in [-0.4, -0.2) is 44.1 Å². The van der Waals surface area contributed by atoms with E-state index in [1.807, 2.05) is 30.0 Å². The third-order valence-corrected chi connectivity index (χ3v) is 4.52. The molecule has 0 saturated carbocycles. The zero-order chi connectivity index (χ0) is 17.1. The van der Waals surface area contributed by atoms with Crippen LogP contribution in [0.4, 0.5) is 11.4 Å². The van der Waals surface area contributed by atoms with Gasteiger partial charge in [0.25, 0.3) is 5.91 Å². The second-order valence-electron chi connectivity index (χ2n) is 6.05. The summed E-state index contributed by atoms with van der Waals surface area (Å²) in [5.41, 5.74) is 9.36. The average molecular weight is 325 g/mol. The van der Waals surface area contributed by atoms with Crippen LogP contribution in [0.25, 0.3) is 0 Å². The fraction of sp³-hybridized carbons (Fsp3) is 0.316. The molecule has 0 aliphatic carbocycles. The first-order valence-corrected chi connectivity index (χ1v) is 8.13. The minimum absolute atomic E-state index is 0.0764. The summed E-state index contributed by atoms with van der Waals surface area (Å²) < 4.78 is 5.19. The van der Waals surface area contributed by atoms with Gasteiger partial charge in [0.1, 0.15) is 5.75 Å². The van der Waals surface area contributed by atoms with E-state index in [2.05, 4.69) is 17.0 Å². The van der Waals surface area contributed by atoms with Gasteiger partial charge in [0, 0.05) is 43.1 Å². The van der Waals surface area contributed by atoms with Gasteiger partial charge >= 0.3 is 0 Å². The van der Waals surface area contributed by atoms with Gasteiger partial charge < -0.3 is 20.3 Å². The SMILES string of the molecule is COc1ccc(N2CCN(C(=O)c3ccc(N)c(C)c3)CC2)cc1. The Morgan fingerprint density at radius 3 is 2.29 bits per heavy atom. The zero-order valence-electron chi connectivity index (χ0n) is 14.2. The Balaban J connectivity index is 1.63. The van der Waals surface area contributed by atoms with Gasteiger partial charge in [0.2, 0.25) is 0 Å². The van der Waals surface area contributed by atoms with E-state index in [0.29, 0.717) is 18.7 Å². The lowest BCUT2D eigenvalue weighted by atomic mass is 10.1. The van der Waals surface area contributed by atoms with Gasteiger partial charge in [-0.2, -0.15) is 0 Å². The van der Waals surface area contributed by atoms with Gasteiger partial charge in [-0.05, 0) is 55.0 Å². The number of nitrogens with two attached hydrogens (primary N) is 1. The number of hydrogen-bond donors (Lipinski definition) is 1. The average Bonchev–Trinajstić information content (AvgIpc) is 2.63. The monoisotopic (exact) mass is 325 g/mol. The number of anilines is 2. The number of piperazine rings is 1. The molecule has 0 bridgehead atoms. The normalized spacial score (nSPS) is 14.6. The maximum absolute atomic E-state index is 12.6. The van der Waals surface area contributed by atoms with Crippen molar-refractivity contribution in [3.05, 3.63) is 53.6 Å². The fourth-order valence-electron chi connectivity index (χ4n) is 2.95. The van der Waals surface area contributed by atoms with Crippen LogP contribution >= 0.6 is 0 Å². The third-order valence-electron chi connectivity index (χ3n) is 4.52. The number of methoxy groups -OCH3 is 1. The molecule has 126 valence electrons. The van der Waals surface area contributed by atoms with Crippen LogP contribution < -0.4 is 15.4 Å². The van der Waals surface area contributed by atoms with E-state index in [1.54, 1.807) is 19.2 Å². The topological polar surface area (TPSA) is 58.8 Å². The minimum atomic E-state index is 0.0764. The first kappa shape index (κ1) is 16.2. The van der Waals surface area contributed by atoms with Crippen molar-refractivity contribution in [3.8, 4) is 5.75 Å². The molecule has 0 atom stereocenters. The van der Waals surface area contributed by atoms with E-state index in [9.17, 15) is 4.79 Å². The number of benzene rings is 2. The number of carbonyl (C=O) groups is 1. The lowest BCUT2D eigenvalue weighted by Gasteiger charge is -2.36. The van der Waals surface area contributed by atoms with Crippen LogP contribution in [0.1, 0.15) is 15.9 Å². The summed E-state index contributed by atoms with van der Waals surface area (Å²) in [6, 6.07) is 13.5. The molecular formula is C19H23N3O2. The molecule has 1 aliphatic heterocycles. The highest BCUT2D eigenvalue weighted by atomic mass is 16.5. The van der Waals surface area contributed by atoms with Crippen molar-refractivity contribution in [2.24, 2.45) is 0 Å². The Hall–Kier alpha value is -2.69. The molecule has 2 aromatic rings. The smallest absolute Gasteiger partial charge is 0.253 e. The number of amides is 1. The molecule has 2 N–H and O–H groups in total. The molecule has 24 heavy (non-hydrogen) atoms. The van der Waals surface area contributed by atoms with Crippen molar-refractivity contribution in [3.63, 3.8) is 0 Å². The molecule has 1 saturated heterocycles. The molecule has 1 aliphatic rings. The Kier molecular flexibility index (Phi) is 4.60. The van der Waals surface area contributed by atoms with Gasteiger partial charge in [-0.15, -0.1) is 0 Å². The molecule has 5 nitrogen and oxygen atoms in total. The number of nitrogen functional groups attached to an aromatic ring is 1. The lowest BCUT2D eigenvalue weighted by Crippen LogP contribution is -2.48. The molecule has 0 unspecified atom stereocenters. The highest BCUT2D eigenvalue weighted by molar-refractivity contribution is 5.95. The van der Waals surface area contributed by atoms with Crippen molar-refractivity contribution < 1.29 is 9.53 Å². The number of hydrogen-bond acceptors (Lipinski definition) is 4. The Morgan fingerprint density at radius 2 is 1.71 bits per heavy atom. The Labute approximate surface area is 142 Å². The van der Waals surface area contributed by atoms with E-state index < -0.39 is 0 Å². The Bertz CT molecular complexity index is 720. The predicted octanol–water partition coefficient (Wildman–Crippen LogP) is 2.55. The van der Waals surface area contributed by atoms with E-state index in [4.69, 9.17) is 10.5 Å². The van der Waals surface area contributed by atoms with E-state index in [-0.39, 0.29) is 5.91 Å². The van der Waals surface area contributed by atoms with E-state index >= 15 is 0 Å². The summed E-state index contributed by atoms with van der Waals surface area (Å²) in [7, 11) is 1.66. The second-order valence-corrected chi connectivity index (χ2v) is 6.05. The fourth-order valence-corrected chi connectivity index (χ4v) is 2.95. The van der Waals surface area contributed by atoms with Crippen LogP contribution in [0.15, 0.2) is 42.5 Å².